The van der Waals surface area contributed by atoms with E-state index in [0.717, 1.165) is 38.4 Å². The summed E-state index contributed by atoms with van der Waals surface area (Å²) in [4.78, 5) is 2.47. The highest BCUT2D eigenvalue weighted by molar-refractivity contribution is 7.80. The summed E-state index contributed by atoms with van der Waals surface area (Å²) in [5.74, 6) is 1.01. The zero-order valence-corrected chi connectivity index (χ0v) is 14.7. The average Bonchev–Trinajstić information content (AvgIpc) is 3.30. The van der Waals surface area contributed by atoms with Crippen LogP contribution in [0.3, 0.4) is 0 Å². The Morgan fingerprint density at radius 2 is 1.88 bits per heavy atom. The molecule has 128 valence electrons. The van der Waals surface area contributed by atoms with Crippen LogP contribution in [0, 0.1) is 0 Å². The Balaban J connectivity index is 1.44. The lowest BCUT2D eigenvalue weighted by molar-refractivity contribution is 0.215. The van der Waals surface area contributed by atoms with Crippen molar-refractivity contribution < 1.29 is 4.42 Å². The van der Waals surface area contributed by atoms with Gasteiger partial charge in [-0.25, -0.2) is 0 Å². The molecule has 5 heteroatoms. The van der Waals surface area contributed by atoms with E-state index in [1.54, 1.807) is 6.26 Å². The van der Waals surface area contributed by atoms with E-state index >= 15 is 0 Å². The first-order valence-electron chi connectivity index (χ1n) is 8.66. The zero-order chi connectivity index (χ0) is 16.6. The molecule has 1 aromatic carbocycles. The van der Waals surface area contributed by atoms with Crippen LogP contribution in [0.2, 0.25) is 0 Å². The van der Waals surface area contributed by atoms with Crippen LogP contribution in [-0.2, 0) is 6.42 Å². The van der Waals surface area contributed by atoms with Gasteiger partial charge in [-0.15, -0.1) is 0 Å². The van der Waals surface area contributed by atoms with Crippen molar-refractivity contribution >= 4 is 17.3 Å². The van der Waals surface area contributed by atoms with Crippen LogP contribution < -0.4 is 10.6 Å². The van der Waals surface area contributed by atoms with Crippen molar-refractivity contribution in [2.45, 2.75) is 25.3 Å². The first kappa shape index (κ1) is 17.0. The third-order valence-corrected chi connectivity index (χ3v) is 4.74. The minimum Gasteiger partial charge on any atom is -0.468 e. The Labute approximate surface area is 149 Å². The summed E-state index contributed by atoms with van der Waals surface area (Å²) in [5, 5.41) is 7.36. The van der Waals surface area contributed by atoms with Crippen LogP contribution in [0.1, 0.15) is 30.2 Å². The fourth-order valence-corrected chi connectivity index (χ4v) is 3.35. The van der Waals surface area contributed by atoms with Gasteiger partial charge >= 0.3 is 0 Å². The molecule has 1 saturated heterocycles. The molecule has 1 aromatic heterocycles. The van der Waals surface area contributed by atoms with E-state index in [2.05, 4.69) is 45.9 Å². The Morgan fingerprint density at radius 1 is 1.08 bits per heavy atom. The fraction of sp³-hybridized carbons (Fsp3) is 0.421. The second-order valence-corrected chi connectivity index (χ2v) is 6.55. The van der Waals surface area contributed by atoms with E-state index in [-0.39, 0.29) is 6.04 Å². The summed E-state index contributed by atoms with van der Waals surface area (Å²) in [6.45, 7) is 3.86. The second kappa shape index (κ2) is 8.85. The SMILES string of the molecule is S=C(NCCc1ccccc1)NC[C@@H](c1ccco1)N1CCCC1. The normalized spacial score (nSPS) is 16.0. The minimum absolute atomic E-state index is 0.247. The van der Waals surface area contributed by atoms with E-state index < -0.39 is 0 Å². The maximum absolute atomic E-state index is 5.63. The maximum atomic E-state index is 5.63. The van der Waals surface area contributed by atoms with Crippen molar-refractivity contribution in [2.75, 3.05) is 26.2 Å². The molecule has 1 aliphatic heterocycles. The predicted octanol–water partition coefficient (Wildman–Crippen LogP) is 3.12. The van der Waals surface area contributed by atoms with Gasteiger partial charge < -0.3 is 15.1 Å². The van der Waals surface area contributed by atoms with Gasteiger partial charge in [0.1, 0.15) is 5.76 Å². The molecule has 2 heterocycles. The number of rotatable bonds is 7. The molecule has 0 unspecified atom stereocenters. The summed E-state index contributed by atoms with van der Waals surface area (Å²) >= 11 is 5.42. The molecule has 1 fully saturated rings. The fourth-order valence-electron chi connectivity index (χ4n) is 3.16. The molecule has 0 spiro atoms. The van der Waals surface area contributed by atoms with Gasteiger partial charge in [0.15, 0.2) is 5.11 Å². The molecule has 0 saturated carbocycles. The smallest absolute Gasteiger partial charge is 0.166 e. The highest BCUT2D eigenvalue weighted by Gasteiger charge is 2.25. The quantitative estimate of drug-likeness (QED) is 0.756. The molecular formula is C19H25N3OS. The zero-order valence-electron chi connectivity index (χ0n) is 13.9. The number of hydrogen-bond acceptors (Lipinski definition) is 3. The van der Waals surface area contributed by atoms with Crippen molar-refractivity contribution in [3.05, 3.63) is 60.1 Å². The van der Waals surface area contributed by atoms with Crippen LogP contribution >= 0.6 is 12.2 Å². The van der Waals surface area contributed by atoms with Crippen molar-refractivity contribution in [2.24, 2.45) is 0 Å². The molecule has 4 nitrogen and oxygen atoms in total. The van der Waals surface area contributed by atoms with Gasteiger partial charge in [-0.2, -0.15) is 0 Å². The molecule has 2 aromatic rings. The summed E-state index contributed by atoms with van der Waals surface area (Å²) in [5.41, 5.74) is 1.32. The standard InChI is InChI=1S/C19H25N3OS/c24-19(20-11-10-16-7-2-1-3-8-16)21-15-17(18-9-6-14-23-18)22-12-4-5-13-22/h1-3,6-9,14,17H,4-5,10-13,15H2,(H2,20,21,24)/t17-/m0/s1. The van der Waals surface area contributed by atoms with Crippen molar-refractivity contribution in [3.63, 3.8) is 0 Å². The molecule has 0 aliphatic carbocycles. The molecule has 2 N–H and O–H groups in total. The summed E-state index contributed by atoms with van der Waals surface area (Å²) in [6.07, 6.45) is 5.24. The Hall–Kier alpha value is -1.85. The maximum Gasteiger partial charge on any atom is 0.166 e. The Bertz CT molecular complexity index is 609. The lowest BCUT2D eigenvalue weighted by atomic mass is 10.1. The Morgan fingerprint density at radius 3 is 2.58 bits per heavy atom. The third kappa shape index (κ3) is 4.82. The van der Waals surface area contributed by atoms with Gasteiger partial charge in [-0.1, -0.05) is 30.3 Å². The number of thiocarbonyl (C=S) groups is 1. The monoisotopic (exact) mass is 343 g/mol. The molecule has 3 rings (SSSR count). The third-order valence-electron chi connectivity index (χ3n) is 4.45. The van der Waals surface area contributed by atoms with Crippen molar-refractivity contribution in [1.29, 1.82) is 0 Å². The van der Waals surface area contributed by atoms with Gasteiger partial charge in [0, 0.05) is 13.1 Å². The molecule has 0 radical (unpaired) electrons. The van der Waals surface area contributed by atoms with E-state index in [0.29, 0.717) is 5.11 Å². The molecular weight excluding hydrogens is 318 g/mol. The minimum atomic E-state index is 0.247. The van der Waals surface area contributed by atoms with E-state index in [1.165, 1.54) is 18.4 Å². The van der Waals surface area contributed by atoms with Crippen molar-refractivity contribution in [3.8, 4) is 0 Å². The van der Waals surface area contributed by atoms with Gasteiger partial charge in [0.05, 0.1) is 12.3 Å². The second-order valence-electron chi connectivity index (χ2n) is 6.15. The molecule has 1 aliphatic rings. The number of nitrogens with zero attached hydrogens (tertiary/aromatic N) is 1. The van der Waals surface area contributed by atoms with E-state index in [9.17, 15) is 0 Å². The van der Waals surface area contributed by atoms with Crippen LogP contribution in [-0.4, -0.2) is 36.2 Å². The first-order valence-corrected chi connectivity index (χ1v) is 9.07. The van der Waals surface area contributed by atoms with Crippen LogP contribution in [0.5, 0.6) is 0 Å². The van der Waals surface area contributed by atoms with Crippen LogP contribution in [0.4, 0.5) is 0 Å². The summed E-state index contributed by atoms with van der Waals surface area (Å²) in [6, 6.07) is 14.7. The Kier molecular flexibility index (Phi) is 6.26. The largest absolute Gasteiger partial charge is 0.468 e. The van der Waals surface area contributed by atoms with Crippen LogP contribution in [0.15, 0.2) is 53.1 Å². The summed E-state index contributed by atoms with van der Waals surface area (Å²) < 4.78 is 5.63. The topological polar surface area (TPSA) is 40.4 Å². The number of likely N-dealkylation sites (tertiary alicyclic amines) is 1. The van der Waals surface area contributed by atoms with Gasteiger partial charge in [0.2, 0.25) is 0 Å². The molecule has 1 atom stereocenters. The summed E-state index contributed by atoms with van der Waals surface area (Å²) in [7, 11) is 0. The highest BCUT2D eigenvalue weighted by Crippen LogP contribution is 2.24. The lowest BCUT2D eigenvalue weighted by Crippen LogP contribution is -2.41. The molecule has 24 heavy (non-hydrogen) atoms. The van der Waals surface area contributed by atoms with E-state index in [4.69, 9.17) is 16.6 Å². The first-order chi connectivity index (χ1) is 11.8. The van der Waals surface area contributed by atoms with Crippen molar-refractivity contribution in [1.82, 2.24) is 15.5 Å². The van der Waals surface area contributed by atoms with E-state index in [1.807, 2.05) is 12.1 Å². The predicted molar refractivity (Wildman–Crippen MR) is 101 cm³/mol. The van der Waals surface area contributed by atoms with Gasteiger partial charge in [-0.3, -0.25) is 4.90 Å². The number of hydrogen-bond donors (Lipinski definition) is 2. The molecule has 0 amide bonds. The number of benzene rings is 1. The molecule has 0 bridgehead atoms. The van der Waals surface area contributed by atoms with Gasteiger partial charge in [0.25, 0.3) is 0 Å². The number of furan rings is 1. The lowest BCUT2D eigenvalue weighted by Gasteiger charge is -2.26. The number of nitrogens with one attached hydrogen (secondary N) is 2. The highest BCUT2D eigenvalue weighted by atomic mass is 32.1. The average molecular weight is 343 g/mol. The van der Waals surface area contributed by atoms with Gasteiger partial charge in [-0.05, 0) is 62.3 Å². The van der Waals surface area contributed by atoms with Crippen LogP contribution in [0.25, 0.3) is 0 Å².